The van der Waals surface area contributed by atoms with Crippen molar-refractivity contribution in [1.82, 2.24) is 4.90 Å². The molecule has 22 heavy (non-hydrogen) atoms. The standard InChI is InChI=1S/C19H23NOS/c1-20-10-9-15-13-19(22-3)18(21-2)12-16(15)11-17(20)14-7-5-4-6-8-14/h4-8,12-13,17H,9-11H2,1-3H3. The van der Waals surface area contributed by atoms with Gasteiger partial charge < -0.3 is 4.74 Å². The van der Waals surface area contributed by atoms with Crippen LogP contribution in [0.2, 0.25) is 0 Å². The van der Waals surface area contributed by atoms with E-state index in [1.807, 2.05) is 0 Å². The van der Waals surface area contributed by atoms with Gasteiger partial charge in [-0.3, -0.25) is 4.90 Å². The zero-order valence-corrected chi connectivity index (χ0v) is 14.3. The summed E-state index contributed by atoms with van der Waals surface area (Å²) in [5, 5.41) is 0. The van der Waals surface area contributed by atoms with E-state index in [0.29, 0.717) is 6.04 Å². The number of fused-ring (bicyclic) bond motifs is 1. The third kappa shape index (κ3) is 3.01. The SMILES string of the molecule is COc1cc2c(cc1SC)CCN(C)C(c1ccccc1)C2. The topological polar surface area (TPSA) is 12.5 Å². The molecule has 2 nitrogen and oxygen atoms in total. The molecule has 1 heterocycles. The van der Waals surface area contributed by atoms with E-state index in [1.54, 1.807) is 18.9 Å². The number of benzene rings is 2. The monoisotopic (exact) mass is 313 g/mol. The van der Waals surface area contributed by atoms with E-state index in [0.717, 1.165) is 25.1 Å². The van der Waals surface area contributed by atoms with Crippen LogP contribution in [0.3, 0.4) is 0 Å². The lowest BCUT2D eigenvalue weighted by Crippen LogP contribution is -2.26. The first kappa shape index (κ1) is 15.4. The van der Waals surface area contributed by atoms with Gasteiger partial charge >= 0.3 is 0 Å². The second kappa shape index (κ2) is 6.76. The molecule has 3 rings (SSSR count). The van der Waals surface area contributed by atoms with Gasteiger partial charge in [0.25, 0.3) is 0 Å². The Hall–Kier alpha value is -1.45. The first-order valence-electron chi connectivity index (χ1n) is 7.72. The van der Waals surface area contributed by atoms with Crippen molar-refractivity contribution in [3.63, 3.8) is 0 Å². The van der Waals surface area contributed by atoms with Gasteiger partial charge in [0.2, 0.25) is 0 Å². The van der Waals surface area contributed by atoms with Crippen LogP contribution in [0.25, 0.3) is 0 Å². The van der Waals surface area contributed by atoms with Crippen LogP contribution in [-0.2, 0) is 12.8 Å². The fraction of sp³-hybridized carbons (Fsp3) is 0.368. The van der Waals surface area contributed by atoms with Crippen molar-refractivity contribution in [2.75, 3.05) is 27.0 Å². The summed E-state index contributed by atoms with van der Waals surface area (Å²) in [6.45, 7) is 1.09. The molecule has 0 saturated heterocycles. The molecule has 0 fully saturated rings. The van der Waals surface area contributed by atoms with Crippen molar-refractivity contribution in [3.8, 4) is 5.75 Å². The van der Waals surface area contributed by atoms with Crippen molar-refractivity contribution in [1.29, 1.82) is 0 Å². The Kier molecular flexibility index (Phi) is 4.74. The van der Waals surface area contributed by atoms with Crippen LogP contribution in [0.5, 0.6) is 5.75 Å². The summed E-state index contributed by atoms with van der Waals surface area (Å²) in [5.41, 5.74) is 4.29. The molecule has 0 bridgehead atoms. The van der Waals surface area contributed by atoms with E-state index < -0.39 is 0 Å². The van der Waals surface area contributed by atoms with Crippen LogP contribution in [0.4, 0.5) is 0 Å². The predicted octanol–water partition coefficient (Wildman–Crippen LogP) is 4.19. The molecule has 3 heteroatoms. The average Bonchev–Trinajstić information content (AvgIpc) is 2.73. The van der Waals surface area contributed by atoms with E-state index in [1.165, 1.54) is 21.6 Å². The Labute approximate surface area is 137 Å². The van der Waals surface area contributed by atoms with Gasteiger partial charge in [-0.15, -0.1) is 11.8 Å². The molecule has 116 valence electrons. The normalized spacial score (nSPS) is 18.6. The van der Waals surface area contributed by atoms with Gasteiger partial charge in [0, 0.05) is 17.5 Å². The minimum Gasteiger partial charge on any atom is -0.496 e. The molecule has 1 atom stereocenters. The lowest BCUT2D eigenvalue weighted by atomic mass is 9.96. The first-order chi connectivity index (χ1) is 10.7. The molecule has 0 radical (unpaired) electrons. The lowest BCUT2D eigenvalue weighted by Gasteiger charge is -2.26. The van der Waals surface area contributed by atoms with Crippen molar-refractivity contribution in [2.45, 2.75) is 23.8 Å². The number of hydrogen-bond acceptors (Lipinski definition) is 3. The summed E-state index contributed by atoms with van der Waals surface area (Å²) in [6, 6.07) is 15.8. The number of ether oxygens (including phenoxy) is 1. The second-order valence-corrected chi connectivity index (χ2v) is 6.69. The fourth-order valence-corrected chi connectivity index (χ4v) is 3.85. The Morgan fingerprint density at radius 1 is 1.14 bits per heavy atom. The highest BCUT2D eigenvalue weighted by Crippen LogP contribution is 2.36. The third-order valence-electron chi connectivity index (χ3n) is 4.57. The Morgan fingerprint density at radius 3 is 2.59 bits per heavy atom. The van der Waals surface area contributed by atoms with Crippen LogP contribution in [0.1, 0.15) is 22.7 Å². The summed E-state index contributed by atoms with van der Waals surface area (Å²) in [7, 11) is 4.00. The van der Waals surface area contributed by atoms with Crippen molar-refractivity contribution in [3.05, 3.63) is 59.2 Å². The summed E-state index contributed by atoms with van der Waals surface area (Å²) in [4.78, 5) is 3.71. The number of rotatable bonds is 3. The van der Waals surface area contributed by atoms with Crippen molar-refractivity contribution in [2.24, 2.45) is 0 Å². The van der Waals surface area contributed by atoms with Gasteiger partial charge in [-0.05, 0) is 55.0 Å². The van der Waals surface area contributed by atoms with Crippen LogP contribution in [0.15, 0.2) is 47.4 Å². The number of hydrogen-bond donors (Lipinski definition) is 0. The maximum Gasteiger partial charge on any atom is 0.132 e. The molecule has 1 aliphatic rings. The lowest BCUT2D eigenvalue weighted by molar-refractivity contribution is 0.254. The van der Waals surface area contributed by atoms with E-state index in [-0.39, 0.29) is 0 Å². The van der Waals surface area contributed by atoms with Gasteiger partial charge in [0.15, 0.2) is 0 Å². The summed E-state index contributed by atoms with van der Waals surface area (Å²) in [6.07, 6.45) is 4.26. The highest BCUT2D eigenvalue weighted by atomic mass is 32.2. The van der Waals surface area contributed by atoms with Crippen LogP contribution in [-0.4, -0.2) is 31.9 Å². The maximum atomic E-state index is 5.58. The summed E-state index contributed by atoms with van der Waals surface area (Å²) in [5.74, 6) is 1.00. The molecule has 0 aliphatic carbocycles. The zero-order valence-electron chi connectivity index (χ0n) is 13.5. The molecule has 0 amide bonds. The highest BCUT2D eigenvalue weighted by Gasteiger charge is 2.23. The van der Waals surface area contributed by atoms with Gasteiger partial charge in [-0.25, -0.2) is 0 Å². The van der Waals surface area contributed by atoms with Crippen LogP contribution < -0.4 is 4.74 Å². The molecule has 0 N–H and O–H groups in total. The van der Waals surface area contributed by atoms with Crippen molar-refractivity contribution < 1.29 is 4.74 Å². The largest absolute Gasteiger partial charge is 0.496 e. The Morgan fingerprint density at radius 2 is 1.91 bits per heavy atom. The van der Waals surface area contributed by atoms with Gasteiger partial charge in [0.05, 0.1) is 7.11 Å². The average molecular weight is 313 g/mol. The van der Waals surface area contributed by atoms with Gasteiger partial charge in [-0.2, -0.15) is 0 Å². The van der Waals surface area contributed by atoms with E-state index in [4.69, 9.17) is 4.74 Å². The molecule has 0 saturated carbocycles. The number of methoxy groups -OCH3 is 1. The molecule has 2 aromatic carbocycles. The van der Waals surface area contributed by atoms with E-state index in [9.17, 15) is 0 Å². The molecule has 1 aliphatic heterocycles. The summed E-state index contributed by atoms with van der Waals surface area (Å²) < 4.78 is 5.58. The minimum atomic E-state index is 0.437. The first-order valence-corrected chi connectivity index (χ1v) is 8.94. The van der Waals surface area contributed by atoms with Gasteiger partial charge in [0.1, 0.15) is 5.75 Å². The summed E-state index contributed by atoms with van der Waals surface area (Å²) >= 11 is 1.76. The molecular weight excluding hydrogens is 290 g/mol. The maximum absolute atomic E-state index is 5.58. The van der Waals surface area contributed by atoms with E-state index in [2.05, 4.69) is 60.7 Å². The molecule has 0 spiro atoms. The molecule has 2 aromatic rings. The van der Waals surface area contributed by atoms with Crippen molar-refractivity contribution >= 4 is 11.8 Å². The Bertz CT molecular complexity index is 641. The Balaban J connectivity index is 1.99. The quantitative estimate of drug-likeness (QED) is 0.789. The zero-order chi connectivity index (χ0) is 15.5. The molecule has 1 unspecified atom stereocenters. The fourth-order valence-electron chi connectivity index (χ4n) is 3.25. The molecule has 0 aromatic heterocycles. The predicted molar refractivity (Wildman–Crippen MR) is 94.0 cm³/mol. The number of likely N-dealkylation sites (N-methyl/N-ethyl adjacent to an activating group) is 1. The minimum absolute atomic E-state index is 0.437. The third-order valence-corrected chi connectivity index (χ3v) is 5.33. The van der Waals surface area contributed by atoms with E-state index >= 15 is 0 Å². The molecular formula is C19H23NOS. The second-order valence-electron chi connectivity index (χ2n) is 5.84. The number of thioether (sulfide) groups is 1. The van der Waals surface area contributed by atoms with Crippen LogP contribution in [0, 0.1) is 0 Å². The van der Waals surface area contributed by atoms with Gasteiger partial charge in [-0.1, -0.05) is 30.3 Å². The van der Waals surface area contributed by atoms with Crippen LogP contribution >= 0.6 is 11.8 Å². The smallest absolute Gasteiger partial charge is 0.132 e. The number of nitrogens with zero attached hydrogens (tertiary/aromatic N) is 1. The highest BCUT2D eigenvalue weighted by molar-refractivity contribution is 7.98.